The summed E-state index contributed by atoms with van der Waals surface area (Å²) in [6.45, 7) is 0.539. The highest BCUT2D eigenvalue weighted by Crippen LogP contribution is 2.18. The van der Waals surface area contributed by atoms with E-state index in [-0.39, 0.29) is 5.82 Å². The van der Waals surface area contributed by atoms with Crippen LogP contribution in [0.2, 0.25) is 0 Å². The second-order valence-corrected chi connectivity index (χ2v) is 5.54. The summed E-state index contributed by atoms with van der Waals surface area (Å²) >= 11 is 1.96. The molecule has 0 aliphatic carbocycles. The van der Waals surface area contributed by atoms with Crippen LogP contribution in [0.25, 0.3) is 0 Å². The first kappa shape index (κ1) is 12.9. The fourth-order valence-electron chi connectivity index (χ4n) is 1.98. The SMILES string of the molecule is OC(CNC1CCCSC1)c1ccc(F)cc1. The van der Waals surface area contributed by atoms with Crippen LogP contribution in [-0.4, -0.2) is 29.2 Å². The Morgan fingerprint density at radius 2 is 2.18 bits per heavy atom. The van der Waals surface area contributed by atoms with Gasteiger partial charge in [0, 0.05) is 18.3 Å². The van der Waals surface area contributed by atoms with Crippen LogP contribution in [0.1, 0.15) is 24.5 Å². The largest absolute Gasteiger partial charge is 0.387 e. The van der Waals surface area contributed by atoms with E-state index in [1.54, 1.807) is 12.1 Å². The monoisotopic (exact) mass is 255 g/mol. The van der Waals surface area contributed by atoms with Crippen LogP contribution >= 0.6 is 11.8 Å². The maximum Gasteiger partial charge on any atom is 0.123 e. The molecule has 4 heteroatoms. The van der Waals surface area contributed by atoms with Crippen LogP contribution in [0, 0.1) is 5.82 Å². The molecular formula is C13H18FNOS. The van der Waals surface area contributed by atoms with Gasteiger partial charge in [-0.05, 0) is 36.3 Å². The summed E-state index contributed by atoms with van der Waals surface area (Å²) in [5.74, 6) is 2.10. The zero-order valence-corrected chi connectivity index (χ0v) is 10.5. The Labute approximate surface area is 106 Å². The molecule has 0 bridgehead atoms. The molecule has 2 atom stereocenters. The van der Waals surface area contributed by atoms with Crippen molar-refractivity contribution in [1.29, 1.82) is 0 Å². The third-order valence-electron chi connectivity index (χ3n) is 3.01. The topological polar surface area (TPSA) is 32.3 Å². The second-order valence-electron chi connectivity index (χ2n) is 4.39. The molecule has 1 fully saturated rings. The normalized spacial score (nSPS) is 22.4. The molecule has 2 unspecified atom stereocenters. The van der Waals surface area contributed by atoms with E-state index in [9.17, 15) is 9.50 Å². The summed E-state index contributed by atoms with van der Waals surface area (Å²) in [5, 5.41) is 13.3. The average molecular weight is 255 g/mol. The number of thioether (sulfide) groups is 1. The van der Waals surface area contributed by atoms with Gasteiger partial charge in [0.15, 0.2) is 0 Å². The van der Waals surface area contributed by atoms with Crippen molar-refractivity contribution in [3.63, 3.8) is 0 Å². The van der Waals surface area contributed by atoms with Crippen LogP contribution in [0.4, 0.5) is 4.39 Å². The van der Waals surface area contributed by atoms with Gasteiger partial charge in [-0.3, -0.25) is 0 Å². The summed E-state index contributed by atoms with van der Waals surface area (Å²) in [5.41, 5.74) is 0.766. The molecule has 1 saturated heterocycles. The molecule has 1 aromatic carbocycles. The third-order valence-corrected chi connectivity index (χ3v) is 4.23. The van der Waals surface area contributed by atoms with Gasteiger partial charge in [0.25, 0.3) is 0 Å². The number of halogens is 1. The first-order chi connectivity index (χ1) is 8.25. The van der Waals surface area contributed by atoms with Crippen molar-refractivity contribution in [1.82, 2.24) is 5.32 Å². The van der Waals surface area contributed by atoms with Crippen LogP contribution in [0.5, 0.6) is 0 Å². The highest BCUT2D eigenvalue weighted by molar-refractivity contribution is 7.99. The lowest BCUT2D eigenvalue weighted by molar-refractivity contribution is 0.170. The van der Waals surface area contributed by atoms with Crippen LogP contribution in [0.15, 0.2) is 24.3 Å². The molecule has 2 N–H and O–H groups in total. The number of benzene rings is 1. The molecule has 0 saturated carbocycles. The molecule has 0 spiro atoms. The Bertz CT molecular complexity index is 338. The van der Waals surface area contributed by atoms with E-state index in [1.807, 2.05) is 11.8 Å². The molecule has 0 aromatic heterocycles. The fourth-order valence-corrected chi connectivity index (χ4v) is 3.09. The van der Waals surface area contributed by atoms with Crippen molar-refractivity contribution < 1.29 is 9.50 Å². The van der Waals surface area contributed by atoms with E-state index >= 15 is 0 Å². The summed E-state index contributed by atoms with van der Waals surface area (Å²) in [6, 6.07) is 6.54. The van der Waals surface area contributed by atoms with E-state index in [2.05, 4.69) is 5.32 Å². The highest BCUT2D eigenvalue weighted by atomic mass is 32.2. The number of hydrogen-bond acceptors (Lipinski definition) is 3. The van der Waals surface area contributed by atoms with Crippen molar-refractivity contribution in [3.8, 4) is 0 Å². The molecule has 2 nitrogen and oxygen atoms in total. The molecule has 0 radical (unpaired) electrons. The summed E-state index contributed by atoms with van der Waals surface area (Å²) < 4.78 is 12.7. The minimum Gasteiger partial charge on any atom is -0.387 e. The van der Waals surface area contributed by atoms with E-state index in [1.165, 1.54) is 30.7 Å². The van der Waals surface area contributed by atoms with Crippen molar-refractivity contribution in [3.05, 3.63) is 35.6 Å². The molecule has 0 amide bonds. The Hall–Kier alpha value is -0.580. The standard InChI is InChI=1S/C13H18FNOS/c14-11-5-3-10(4-6-11)13(16)8-15-12-2-1-7-17-9-12/h3-6,12-13,15-16H,1-2,7-9H2. The molecule has 1 aliphatic heterocycles. The third kappa shape index (κ3) is 3.98. The fraction of sp³-hybridized carbons (Fsp3) is 0.538. The van der Waals surface area contributed by atoms with Crippen molar-refractivity contribution in [2.75, 3.05) is 18.1 Å². The predicted molar refractivity (Wildman–Crippen MR) is 69.7 cm³/mol. The van der Waals surface area contributed by atoms with Crippen LogP contribution in [-0.2, 0) is 0 Å². The minimum absolute atomic E-state index is 0.266. The first-order valence-corrected chi connectivity index (χ1v) is 7.16. The lowest BCUT2D eigenvalue weighted by Crippen LogP contribution is -2.36. The Kier molecular flexibility index (Phi) is 4.83. The van der Waals surface area contributed by atoms with Crippen LogP contribution < -0.4 is 5.32 Å². The molecule has 17 heavy (non-hydrogen) atoms. The quantitative estimate of drug-likeness (QED) is 0.866. The predicted octanol–water partition coefficient (Wildman–Crippen LogP) is 2.34. The second kappa shape index (κ2) is 6.38. The number of rotatable bonds is 4. The Balaban J connectivity index is 1.80. The van der Waals surface area contributed by atoms with Gasteiger partial charge in [0.1, 0.15) is 5.82 Å². The Morgan fingerprint density at radius 3 is 2.82 bits per heavy atom. The molecule has 1 heterocycles. The van der Waals surface area contributed by atoms with E-state index in [0.717, 1.165) is 11.3 Å². The summed E-state index contributed by atoms with van der Waals surface area (Å²) in [6.07, 6.45) is 1.88. The van der Waals surface area contributed by atoms with Gasteiger partial charge >= 0.3 is 0 Å². The smallest absolute Gasteiger partial charge is 0.123 e. The van der Waals surface area contributed by atoms with E-state index in [4.69, 9.17) is 0 Å². The zero-order chi connectivity index (χ0) is 12.1. The van der Waals surface area contributed by atoms with E-state index < -0.39 is 6.10 Å². The summed E-state index contributed by atoms with van der Waals surface area (Å²) in [4.78, 5) is 0. The maximum atomic E-state index is 12.7. The lowest BCUT2D eigenvalue weighted by atomic mass is 10.1. The lowest BCUT2D eigenvalue weighted by Gasteiger charge is -2.24. The zero-order valence-electron chi connectivity index (χ0n) is 9.73. The minimum atomic E-state index is -0.553. The van der Waals surface area contributed by atoms with E-state index in [0.29, 0.717) is 12.6 Å². The maximum absolute atomic E-state index is 12.7. The Morgan fingerprint density at radius 1 is 1.41 bits per heavy atom. The van der Waals surface area contributed by atoms with Crippen molar-refractivity contribution in [2.24, 2.45) is 0 Å². The van der Waals surface area contributed by atoms with Crippen molar-refractivity contribution in [2.45, 2.75) is 25.0 Å². The van der Waals surface area contributed by atoms with Gasteiger partial charge in [-0.1, -0.05) is 12.1 Å². The van der Waals surface area contributed by atoms with Gasteiger partial charge < -0.3 is 10.4 Å². The molecule has 1 aromatic rings. The molecular weight excluding hydrogens is 237 g/mol. The van der Waals surface area contributed by atoms with Gasteiger partial charge in [0.05, 0.1) is 6.10 Å². The molecule has 94 valence electrons. The van der Waals surface area contributed by atoms with Gasteiger partial charge in [-0.2, -0.15) is 11.8 Å². The number of aliphatic hydroxyl groups excluding tert-OH is 1. The van der Waals surface area contributed by atoms with Gasteiger partial charge in [-0.25, -0.2) is 4.39 Å². The number of hydrogen-bond donors (Lipinski definition) is 2. The first-order valence-electron chi connectivity index (χ1n) is 6.00. The van der Waals surface area contributed by atoms with Gasteiger partial charge in [0.2, 0.25) is 0 Å². The van der Waals surface area contributed by atoms with Crippen LogP contribution in [0.3, 0.4) is 0 Å². The summed E-state index contributed by atoms with van der Waals surface area (Å²) in [7, 11) is 0. The average Bonchev–Trinajstić information content (AvgIpc) is 2.38. The number of nitrogens with one attached hydrogen (secondary N) is 1. The molecule has 1 aliphatic rings. The number of aliphatic hydroxyl groups is 1. The van der Waals surface area contributed by atoms with Gasteiger partial charge in [-0.15, -0.1) is 0 Å². The molecule has 2 rings (SSSR count). The van der Waals surface area contributed by atoms with Crippen molar-refractivity contribution >= 4 is 11.8 Å². The highest BCUT2D eigenvalue weighted by Gasteiger charge is 2.15.